The summed E-state index contributed by atoms with van der Waals surface area (Å²) in [5.74, 6) is 0.0223. The molecule has 1 aliphatic rings. The number of nitrogens with one attached hydrogen (secondary N) is 2. The Bertz CT molecular complexity index is 874. The molecule has 1 aliphatic carbocycles. The monoisotopic (exact) mass is 403 g/mol. The summed E-state index contributed by atoms with van der Waals surface area (Å²) in [6, 6.07) is 7.78. The van der Waals surface area contributed by atoms with E-state index in [-0.39, 0.29) is 16.7 Å². The van der Waals surface area contributed by atoms with Crippen molar-refractivity contribution < 1.29 is 9.69 Å². The molecule has 7 heteroatoms. The molecule has 1 amide bonds. The second-order valence-corrected chi connectivity index (χ2v) is 8.78. The first-order chi connectivity index (χ1) is 13.5. The number of hydrogen-bond donors (Lipinski definition) is 2. The van der Waals surface area contributed by atoms with E-state index in [1.54, 1.807) is 4.57 Å². The molecule has 0 aliphatic heterocycles. The summed E-state index contributed by atoms with van der Waals surface area (Å²) < 4.78 is 1.76. The van der Waals surface area contributed by atoms with E-state index >= 15 is 0 Å². The minimum absolute atomic E-state index is 0.0163. The number of nitrogens with zero attached hydrogens (tertiary/aromatic N) is 2. The number of hydrogen-bond acceptors (Lipinski definition) is 4. The topological polar surface area (TPSA) is 68.4 Å². The van der Waals surface area contributed by atoms with Crippen molar-refractivity contribution in [3.05, 3.63) is 34.6 Å². The Morgan fingerprint density at radius 3 is 2.71 bits per heavy atom. The van der Waals surface area contributed by atoms with Crippen LogP contribution in [0.3, 0.4) is 0 Å². The van der Waals surface area contributed by atoms with E-state index in [0.29, 0.717) is 28.6 Å². The number of benzene rings is 1. The molecule has 1 fully saturated rings. The third kappa shape index (κ3) is 5.14. The van der Waals surface area contributed by atoms with Gasteiger partial charge in [-0.05, 0) is 45.7 Å². The first-order valence-corrected chi connectivity index (χ1v) is 11.2. The zero-order valence-electron chi connectivity index (χ0n) is 17.0. The van der Waals surface area contributed by atoms with Crippen LogP contribution < -0.4 is 15.8 Å². The van der Waals surface area contributed by atoms with Crippen LogP contribution >= 0.6 is 11.8 Å². The molecule has 3 rings (SSSR count). The minimum atomic E-state index is -0.284. The van der Waals surface area contributed by atoms with Crippen molar-refractivity contribution in [1.82, 2.24) is 14.9 Å². The van der Waals surface area contributed by atoms with Crippen molar-refractivity contribution in [2.45, 2.75) is 63.0 Å². The van der Waals surface area contributed by atoms with Gasteiger partial charge >= 0.3 is 0 Å². The van der Waals surface area contributed by atoms with Gasteiger partial charge in [-0.2, -0.15) is 0 Å². The Balaban J connectivity index is 1.83. The van der Waals surface area contributed by atoms with E-state index in [4.69, 9.17) is 4.98 Å². The lowest BCUT2D eigenvalue weighted by Crippen LogP contribution is -3.11. The molecule has 2 aromatic rings. The molecule has 1 saturated carbocycles. The molecule has 28 heavy (non-hydrogen) atoms. The number of amides is 1. The summed E-state index contributed by atoms with van der Waals surface area (Å²) in [4.78, 5) is 31.7. The maximum absolute atomic E-state index is 13.1. The minimum Gasteiger partial charge on any atom is -0.352 e. The number of thioether (sulfide) groups is 1. The highest BCUT2D eigenvalue weighted by molar-refractivity contribution is 8.00. The van der Waals surface area contributed by atoms with Crippen molar-refractivity contribution in [1.29, 1.82) is 0 Å². The third-order valence-corrected chi connectivity index (χ3v) is 6.40. The van der Waals surface area contributed by atoms with Crippen molar-refractivity contribution in [3.63, 3.8) is 0 Å². The van der Waals surface area contributed by atoms with Crippen LogP contribution in [0.25, 0.3) is 10.9 Å². The molecule has 2 N–H and O–H groups in total. The largest absolute Gasteiger partial charge is 0.352 e. The fourth-order valence-corrected chi connectivity index (χ4v) is 4.23. The fraction of sp³-hybridized carbons (Fsp3) is 0.571. The lowest BCUT2D eigenvalue weighted by Gasteiger charge is -2.18. The molecule has 1 atom stereocenters. The van der Waals surface area contributed by atoms with E-state index in [1.807, 2.05) is 31.2 Å². The molecule has 0 saturated heterocycles. The second kappa shape index (κ2) is 9.56. The van der Waals surface area contributed by atoms with Crippen molar-refractivity contribution >= 4 is 28.6 Å². The van der Waals surface area contributed by atoms with E-state index in [0.717, 1.165) is 38.9 Å². The zero-order valence-corrected chi connectivity index (χ0v) is 17.8. The summed E-state index contributed by atoms with van der Waals surface area (Å²) in [5, 5.41) is 4.03. The van der Waals surface area contributed by atoms with Crippen LogP contribution in [0.2, 0.25) is 0 Å². The molecule has 6 nitrogen and oxygen atoms in total. The average molecular weight is 404 g/mol. The zero-order chi connectivity index (χ0) is 20.1. The van der Waals surface area contributed by atoms with E-state index < -0.39 is 0 Å². The number of carbonyl (C=O) groups is 1. The first-order valence-electron chi connectivity index (χ1n) is 10.3. The molecule has 0 radical (unpaired) electrons. The molecule has 0 unspecified atom stereocenters. The van der Waals surface area contributed by atoms with Gasteiger partial charge in [-0.1, -0.05) is 23.9 Å². The Hall–Kier alpha value is -1.86. The molecular weight excluding hydrogens is 372 g/mol. The van der Waals surface area contributed by atoms with E-state index in [1.165, 1.54) is 16.7 Å². The molecule has 1 aromatic heterocycles. The summed E-state index contributed by atoms with van der Waals surface area (Å²) in [6.07, 6.45) is 3.04. The van der Waals surface area contributed by atoms with Gasteiger partial charge in [-0.15, -0.1) is 0 Å². The maximum atomic E-state index is 13.1. The van der Waals surface area contributed by atoms with Gasteiger partial charge in [0.15, 0.2) is 5.16 Å². The molecular formula is C21H31N4O2S+. The summed E-state index contributed by atoms with van der Waals surface area (Å²) in [5.41, 5.74) is 0.674. The maximum Gasteiger partial charge on any atom is 0.262 e. The smallest absolute Gasteiger partial charge is 0.262 e. The van der Waals surface area contributed by atoms with Crippen LogP contribution in [-0.4, -0.2) is 46.4 Å². The number of carbonyl (C=O) groups excluding carboxylic acids is 1. The lowest BCUT2D eigenvalue weighted by molar-refractivity contribution is -0.896. The molecule has 1 heterocycles. The standard InChI is InChI=1S/C21H30N4O2S/c1-4-24(5-2)13-8-14-25-20(27)17-9-6-7-10-18(17)23-21(25)28-15(3)19(26)22-16-11-12-16/h6-7,9-10,15-16H,4-5,8,11-14H2,1-3H3,(H,22,26)/p+1/t15-/m1/s1. The Labute approximate surface area is 170 Å². The highest BCUT2D eigenvalue weighted by Gasteiger charge is 2.27. The molecule has 152 valence electrons. The number of aromatic nitrogens is 2. The van der Waals surface area contributed by atoms with Crippen LogP contribution in [0.5, 0.6) is 0 Å². The predicted octanol–water partition coefficient (Wildman–Crippen LogP) is 1.47. The van der Waals surface area contributed by atoms with Crippen molar-refractivity contribution in [2.75, 3.05) is 19.6 Å². The highest BCUT2D eigenvalue weighted by Crippen LogP contribution is 2.25. The predicted molar refractivity (Wildman–Crippen MR) is 114 cm³/mol. The van der Waals surface area contributed by atoms with E-state index in [2.05, 4.69) is 19.2 Å². The summed E-state index contributed by atoms with van der Waals surface area (Å²) in [7, 11) is 0. The third-order valence-electron chi connectivity index (χ3n) is 5.31. The normalized spacial score (nSPS) is 15.1. The second-order valence-electron chi connectivity index (χ2n) is 7.47. The first kappa shape index (κ1) is 20.9. The Kier molecular flexibility index (Phi) is 7.13. The van der Waals surface area contributed by atoms with Gasteiger partial charge in [0.2, 0.25) is 5.91 Å². The van der Waals surface area contributed by atoms with Crippen LogP contribution in [0.4, 0.5) is 0 Å². The van der Waals surface area contributed by atoms with Crippen LogP contribution in [0.15, 0.2) is 34.2 Å². The van der Waals surface area contributed by atoms with Gasteiger partial charge in [-0.3, -0.25) is 14.2 Å². The summed E-state index contributed by atoms with van der Waals surface area (Å²) >= 11 is 1.38. The summed E-state index contributed by atoms with van der Waals surface area (Å²) in [6.45, 7) is 10.1. The number of para-hydroxylation sites is 1. The lowest BCUT2D eigenvalue weighted by atomic mass is 10.2. The Morgan fingerprint density at radius 2 is 2.04 bits per heavy atom. The van der Waals surface area contributed by atoms with Gasteiger partial charge in [0, 0.05) is 19.0 Å². The molecule has 0 spiro atoms. The van der Waals surface area contributed by atoms with Crippen molar-refractivity contribution in [3.8, 4) is 0 Å². The highest BCUT2D eigenvalue weighted by atomic mass is 32.2. The molecule has 1 aromatic carbocycles. The number of quaternary nitrogens is 1. The fourth-order valence-electron chi connectivity index (χ4n) is 3.28. The van der Waals surface area contributed by atoms with Gasteiger partial charge in [0.05, 0.1) is 35.8 Å². The van der Waals surface area contributed by atoms with Crippen LogP contribution in [0, 0.1) is 0 Å². The van der Waals surface area contributed by atoms with Gasteiger partial charge in [0.1, 0.15) is 0 Å². The quantitative estimate of drug-likeness (QED) is 0.466. The van der Waals surface area contributed by atoms with Gasteiger partial charge < -0.3 is 10.2 Å². The molecule has 0 bridgehead atoms. The number of fused-ring (bicyclic) bond motifs is 1. The van der Waals surface area contributed by atoms with Crippen LogP contribution in [-0.2, 0) is 11.3 Å². The van der Waals surface area contributed by atoms with Crippen LogP contribution in [0.1, 0.15) is 40.0 Å². The average Bonchev–Trinajstić information content (AvgIpc) is 3.51. The number of rotatable bonds is 10. The Morgan fingerprint density at radius 1 is 1.32 bits per heavy atom. The van der Waals surface area contributed by atoms with Crippen molar-refractivity contribution in [2.24, 2.45) is 0 Å². The SMILES string of the molecule is CC[NH+](CC)CCCn1c(S[C@H](C)C(=O)NC2CC2)nc2ccccc2c1=O. The van der Waals surface area contributed by atoms with Gasteiger partial charge in [-0.25, -0.2) is 4.98 Å². The van der Waals surface area contributed by atoms with E-state index in [9.17, 15) is 9.59 Å². The van der Waals surface area contributed by atoms with Gasteiger partial charge in [0.25, 0.3) is 5.56 Å².